The molecule has 1 aromatic rings. The molecule has 1 fully saturated rings. The molecule has 2 aliphatic rings. The van der Waals surface area contributed by atoms with E-state index in [0.29, 0.717) is 18.7 Å². The third kappa shape index (κ3) is 3.07. The van der Waals surface area contributed by atoms with Gasteiger partial charge in [-0.15, -0.1) is 0 Å². The maximum atomic E-state index is 12.5. The summed E-state index contributed by atoms with van der Waals surface area (Å²) < 4.78 is 51.9. The van der Waals surface area contributed by atoms with E-state index in [9.17, 15) is 16.8 Å². The number of nitrogens with one attached hydrogen (secondary N) is 1. The predicted octanol–water partition coefficient (Wildman–Crippen LogP) is 0.461. The van der Waals surface area contributed by atoms with Crippen LogP contribution in [-0.4, -0.2) is 40.9 Å². The molecular weight excluding hydrogens is 312 g/mol. The smallest absolute Gasteiger partial charge is 0.258 e. The first-order valence-corrected chi connectivity index (χ1v) is 10.2. The molecule has 1 atom stereocenters. The summed E-state index contributed by atoms with van der Waals surface area (Å²) in [4.78, 5) is 0. The van der Waals surface area contributed by atoms with Crippen molar-refractivity contribution >= 4 is 25.7 Å². The van der Waals surface area contributed by atoms with Crippen molar-refractivity contribution in [1.82, 2.24) is 4.72 Å². The first-order valence-electron chi connectivity index (χ1n) is 6.96. The normalized spacial score (nSPS) is 24.8. The third-order valence-corrected chi connectivity index (χ3v) is 7.26. The lowest BCUT2D eigenvalue weighted by molar-refractivity contribution is 0.554. The second-order valence-electron chi connectivity index (χ2n) is 5.53. The van der Waals surface area contributed by atoms with Crippen LogP contribution in [0.2, 0.25) is 0 Å². The molecule has 1 aromatic carbocycles. The monoisotopic (exact) mass is 330 g/mol. The number of aryl methyl sites for hydroxylation is 1. The van der Waals surface area contributed by atoms with Gasteiger partial charge < -0.3 is 0 Å². The first-order chi connectivity index (χ1) is 9.87. The van der Waals surface area contributed by atoms with Crippen molar-refractivity contribution in [2.75, 3.05) is 22.4 Å². The molecule has 116 valence electrons. The molecule has 2 aliphatic heterocycles. The Kier molecular flexibility index (Phi) is 3.71. The van der Waals surface area contributed by atoms with Crippen LogP contribution in [0.1, 0.15) is 18.4 Å². The van der Waals surface area contributed by atoms with Crippen molar-refractivity contribution in [3.05, 3.63) is 29.8 Å². The SMILES string of the molecule is O=S1(=O)CCC(NS(=O)(=O)N2CCCc3ccccc32)C1. The van der Waals surface area contributed by atoms with Crippen molar-refractivity contribution in [2.24, 2.45) is 0 Å². The number of nitrogens with zero attached hydrogens (tertiary/aromatic N) is 1. The summed E-state index contributed by atoms with van der Waals surface area (Å²) in [6.07, 6.45) is 1.97. The molecular formula is C13H18N2O4S2. The van der Waals surface area contributed by atoms with E-state index in [1.54, 1.807) is 6.07 Å². The number of para-hydroxylation sites is 1. The van der Waals surface area contributed by atoms with Gasteiger partial charge >= 0.3 is 10.2 Å². The number of sulfone groups is 1. The topological polar surface area (TPSA) is 83.5 Å². The maximum absolute atomic E-state index is 12.5. The Balaban J connectivity index is 1.83. The van der Waals surface area contributed by atoms with Gasteiger partial charge in [-0.05, 0) is 30.9 Å². The number of benzene rings is 1. The average Bonchev–Trinajstić information content (AvgIpc) is 2.76. The van der Waals surface area contributed by atoms with Gasteiger partial charge in [0.25, 0.3) is 0 Å². The van der Waals surface area contributed by atoms with Crippen LogP contribution in [0, 0.1) is 0 Å². The number of hydrogen-bond acceptors (Lipinski definition) is 4. The van der Waals surface area contributed by atoms with Crippen LogP contribution >= 0.6 is 0 Å². The van der Waals surface area contributed by atoms with Gasteiger partial charge in [0.15, 0.2) is 9.84 Å². The Hall–Kier alpha value is -1.12. The Morgan fingerprint density at radius 1 is 1.24 bits per heavy atom. The van der Waals surface area contributed by atoms with Crippen molar-refractivity contribution in [1.29, 1.82) is 0 Å². The van der Waals surface area contributed by atoms with E-state index in [1.807, 2.05) is 18.2 Å². The van der Waals surface area contributed by atoms with Crippen LogP contribution in [0.3, 0.4) is 0 Å². The molecule has 3 rings (SSSR count). The minimum Gasteiger partial charge on any atom is -0.258 e. The highest BCUT2D eigenvalue weighted by Crippen LogP contribution is 2.29. The molecule has 0 amide bonds. The lowest BCUT2D eigenvalue weighted by atomic mass is 10.0. The van der Waals surface area contributed by atoms with Gasteiger partial charge in [0.05, 0.1) is 17.2 Å². The molecule has 2 heterocycles. The molecule has 1 unspecified atom stereocenters. The predicted molar refractivity (Wildman–Crippen MR) is 81.2 cm³/mol. The zero-order valence-corrected chi connectivity index (χ0v) is 13.2. The largest absolute Gasteiger partial charge is 0.301 e. The number of fused-ring (bicyclic) bond motifs is 1. The Labute approximate surface area is 125 Å². The summed E-state index contributed by atoms with van der Waals surface area (Å²) in [5.74, 6) is -0.0571. The molecule has 0 bridgehead atoms. The second kappa shape index (κ2) is 5.26. The van der Waals surface area contributed by atoms with Crippen molar-refractivity contribution in [3.8, 4) is 0 Å². The molecule has 6 nitrogen and oxygen atoms in total. The van der Waals surface area contributed by atoms with Crippen LogP contribution in [-0.2, 0) is 26.5 Å². The van der Waals surface area contributed by atoms with Crippen LogP contribution < -0.4 is 9.03 Å². The van der Waals surface area contributed by atoms with E-state index in [1.165, 1.54) is 4.31 Å². The average molecular weight is 330 g/mol. The molecule has 1 saturated heterocycles. The van der Waals surface area contributed by atoms with Crippen LogP contribution in [0.25, 0.3) is 0 Å². The highest BCUT2D eigenvalue weighted by molar-refractivity contribution is 7.92. The minimum absolute atomic E-state index is 0.0524. The van der Waals surface area contributed by atoms with E-state index in [4.69, 9.17) is 0 Å². The molecule has 0 aliphatic carbocycles. The third-order valence-electron chi connectivity index (χ3n) is 3.91. The summed E-state index contributed by atoms with van der Waals surface area (Å²) in [6.45, 7) is 0.422. The Morgan fingerprint density at radius 3 is 2.71 bits per heavy atom. The lowest BCUT2D eigenvalue weighted by Gasteiger charge is -2.31. The Morgan fingerprint density at radius 2 is 2.00 bits per heavy atom. The second-order valence-corrected chi connectivity index (χ2v) is 9.38. The quantitative estimate of drug-likeness (QED) is 0.873. The summed E-state index contributed by atoms with van der Waals surface area (Å²) in [5.41, 5.74) is 1.70. The summed E-state index contributed by atoms with van der Waals surface area (Å²) in [5, 5.41) is 0. The van der Waals surface area contributed by atoms with Gasteiger partial charge in [-0.1, -0.05) is 18.2 Å². The van der Waals surface area contributed by atoms with Gasteiger partial charge in [-0.25, -0.2) is 8.42 Å². The molecule has 0 aromatic heterocycles. The van der Waals surface area contributed by atoms with Crippen LogP contribution in [0.5, 0.6) is 0 Å². The number of rotatable bonds is 3. The van der Waals surface area contributed by atoms with Crippen LogP contribution in [0.15, 0.2) is 24.3 Å². The van der Waals surface area contributed by atoms with Crippen LogP contribution in [0.4, 0.5) is 5.69 Å². The molecule has 1 N–H and O–H groups in total. The fourth-order valence-corrected chi connectivity index (χ4v) is 6.25. The van der Waals surface area contributed by atoms with Crippen molar-refractivity contribution in [2.45, 2.75) is 25.3 Å². The molecule has 0 radical (unpaired) electrons. The minimum atomic E-state index is -3.71. The lowest BCUT2D eigenvalue weighted by Crippen LogP contribution is -2.47. The maximum Gasteiger partial charge on any atom is 0.301 e. The summed E-state index contributed by atoms with van der Waals surface area (Å²) in [7, 11) is -6.82. The van der Waals surface area contributed by atoms with E-state index in [0.717, 1.165) is 18.4 Å². The zero-order chi connectivity index (χ0) is 15.1. The molecule has 0 saturated carbocycles. The van der Waals surface area contributed by atoms with E-state index >= 15 is 0 Å². The standard InChI is InChI=1S/C13H18N2O4S2/c16-20(17)9-7-12(10-20)14-21(18,19)15-8-3-5-11-4-1-2-6-13(11)15/h1-2,4,6,12,14H,3,5,7-10H2. The molecule has 21 heavy (non-hydrogen) atoms. The van der Waals surface area contributed by atoms with Gasteiger partial charge in [0.2, 0.25) is 0 Å². The van der Waals surface area contributed by atoms with Crippen molar-refractivity contribution < 1.29 is 16.8 Å². The highest BCUT2D eigenvalue weighted by atomic mass is 32.2. The van der Waals surface area contributed by atoms with Gasteiger partial charge in [0, 0.05) is 12.6 Å². The summed E-state index contributed by atoms with van der Waals surface area (Å²) in [6, 6.07) is 6.91. The van der Waals surface area contributed by atoms with E-state index in [-0.39, 0.29) is 11.5 Å². The Bertz CT molecular complexity index is 743. The number of anilines is 1. The van der Waals surface area contributed by atoms with Gasteiger partial charge in [0.1, 0.15) is 0 Å². The zero-order valence-electron chi connectivity index (χ0n) is 11.5. The van der Waals surface area contributed by atoms with E-state index in [2.05, 4.69) is 4.72 Å². The fraction of sp³-hybridized carbons (Fsp3) is 0.538. The number of hydrogen-bond donors (Lipinski definition) is 1. The molecule has 0 spiro atoms. The van der Waals surface area contributed by atoms with Gasteiger partial charge in [-0.3, -0.25) is 4.31 Å². The fourth-order valence-electron chi connectivity index (χ4n) is 2.91. The van der Waals surface area contributed by atoms with Gasteiger partial charge in [-0.2, -0.15) is 13.1 Å². The summed E-state index contributed by atoms with van der Waals surface area (Å²) >= 11 is 0. The molecule has 8 heteroatoms. The van der Waals surface area contributed by atoms with E-state index < -0.39 is 26.1 Å². The first kappa shape index (κ1) is 14.8. The van der Waals surface area contributed by atoms with Crippen molar-refractivity contribution in [3.63, 3.8) is 0 Å². The highest BCUT2D eigenvalue weighted by Gasteiger charge is 2.34.